The lowest BCUT2D eigenvalue weighted by molar-refractivity contribution is -0.161. The van der Waals surface area contributed by atoms with Crippen LogP contribution in [0.3, 0.4) is 0 Å². The van der Waals surface area contributed by atoms with Gasteiger partial charge in [-0.25, -0.2) is 9.13 Å². The third-order valence-electron chi connectivity index (χ3n) is 13.7. The fraction of sp³-hybridized carbons (Fsp3) is 0.613. The molecule has 528 valence electrons. The Bertz CT molecular complexity index is 2320. The van der Waals surface area contributed by atoms with Crippen LogP contribution in [-0.2, 0) is 55.8 Å². The number of aliphatic hydroxyl groups is 2. The van der Waals surface area contributed by atoms with Gasteiger partial charge in [0.25, 0.3) is 0 Å². The second-order valence-corrected chi connectivity index (χ2v) is 25.4. The van der Waals surface area contributed by atoms with Crippen LogP contribution in [0.2, 0.25) is 0 Å². The maximum Gasteiger partial charge on any atom is 0.472 e. The standard InChI is InChI=1S/C75H122O16P2/c1-4-7-10-13-16-19-22-25-28-30-32-33-34-35-37-39-41-43-46-49-52-55-58-61-73(78)85-64-70(76)65-87-92(81,82)88-66-71(77)67-89-93(83,84)90-69-72(91-75(80)63-60-57-54-51-48-45-40-27-24-21-18-15-12-9-6-3)68-86-74(79)62-59-56-53-50-47-44-42-38-36-31-29-26-23-20-17-14-11-8-5-2/h7-12,16-21,25-29,32-33,35-38,40-41,43,70-72,76-77H,4-6,13-15,22-24,30-31,34,39,42,44-69H2,1-3H3,(H,81,82)(H,83,84)/b10-7-,11-8-,12-9-,19-16-,20-17-,21-18-,28-25-,29-26-,33-32-,37-35-,38-36-,40-27-,43-41-. The van der Waals surface area contributed by atoms with Crippen molar-refractivity contribution in [2.45, 2.75) is 257 Å². The Balaban J connectivity index is 4.70. The van der Waals surface area contributed by atoms with Crippen LogP contribution in [0.1, 0.15) is 239 Å². The highest BCUT2D eigenvalue weighted by Gasteiger charge is 2.29. The molecule has 0 heterocycles. The molecular formula is C75H122O16P2. The quantitative estimate of drug-likeness (QED) is 0.0146. The summed E-state index contributed by atoms with van der Waals surface area (Å²) < 4.78 is 60.9. The van der Waals surface area contributed by atoms with E-state index < -0.39 is 91.5 Å². The van der Waals surface area contributed by atoms with Crippen LogP contribution in [0, 0.1) is 0 Å². The highest BCUT2D eigenvalue weighted by molar-refractivity contribution is 7.47. The van der Waals surface area contributed by atoms with Crippen LogP contribution in [0.25, 0.3) is 0 Å². The Morgan fingerprint density at radius 3 is 0.849 bits per heavy atom. The molecule has 0 rings (SSSR count). The summed E-state index contributed by atoms with van der Waals surface area (Å²) in [5.74, 6) is -1.65. The molecule has 0 aliphatic carbocycles. The van der Waals surface area contributed by atoms with E-state index in [1.54, 1.807) is 0 Å². The van der Waals surface area contributed by atoms with Crippen molar-refractivity contribution < 1.29 is 75.8 Å². The Kier molecular flexibility index (Phi) is 63.7. The molecule has 0 aromatic rings. The van der Waals surface area contributed by atoms with Crippen molar-refractivity contribution in [2.75, 3.05) is 39.6 Å². The van der Waals surface area contributed by atoms with Crippen molar-refractivity contribution in [1.29, 1.82) is 0 Å². The molecule has 16 nitrogen and oxygen atoms in total. The van der Waals surface area contributed by atoms with E-state index in [2.05, 4.69) is 179 Å². The molecule has 0 radical (unpaired) electrons. The average Bonchev–Trinajstić information content (AvgIpc) is 3.74. The van der Waals surface area contributed by atoms with Gasteiger partial charge in [0.2, 0.25) is 0 Å². The van der Waals surface area contributed by atoms with Gasteiger partial charge < -0.3 is 34.2 Å². The summed E-state index contributed by atoms with van der Waals surface area (Å²) in [4.78, 5) is 58.4. The molecule has 93 heavy (non-hydrogen) atoms. The number of esters is 3. The molecular weight excluding hydrogens is 1220 g/mol. The molecule has 0 saturated carbocycles. The topological polar surface area (TPSA) is 231 Å². The Morgan fingerprint density at radius 2 is 0.538 bits per heavy atom. The van der Waals surface area contributed by atoms with Crippen molar-refractivity contribution in [3.63, 3.8) is 0 Å². The monoisotopic (exact) mass is 1340 g/mol. The van der Waals surface area contributed by atoms with Gasteiger partial charge in [-0.2, -0.15) is 0 Å². The van der Waals surface area contributed by atoms with Crippen molar-refractivity contribution in [2.24, 2.45) is 0 Å². The number of carbonyl (C=O) groups is 3. The summed E-state index contributed by atoms with van der Waals surface area (Å²) in [5.41, 5.74) is 0. The van der Waals surface area contributed by atoms with E-state index in [1.807, 2.05) is 0 Å². The first-order valence-electron chi connectivity index (χ1n) is 34.8. The molecule has 0 aromatic heterocycles. The van der Waals surface area contributed by atoms with Crippen LogP contribution >= 0.6 is 15.6 Å². The van der Waals surface area contributed by atoms with E-state index in [1.165, 1.54) is 0 Å². The van der Waals surface area contributed by atoms with Crippen LogP contribution in [0.15, 0.2) is 158 Å². The molecule has 5 unspecified atom stereocenters. The molecule has 0 spiro atoms. The number of hydrogen-bond acceptors (Lipinski definition) is 14. The average molecular weight is 1340 g/mol. The molecule has 5 atom stereocenters. The van der Waals surface area contributed by atoms with E-state index in [-0.39, 0.29) is 19.3 Å². The van der Waals surface area contributed by atoms with Crippen LogP contribution in [-0.4, -0.2) is 95.9 Å². The first-order chi connectivity index (χ1) is 45.2. The van der Waals surface area contributed by atoms with Crippen LogP contribution in [0.5, 0.6) is 0 Å². The fourth-order valence-electron chi connectivity index (χ4n) is 8.52. The highest BCUT2D eigenvalue weighted by Crippen LogP contribution is 2.45. The zero-order valence-electron chi connectivity index (χ0n) is 57.1. The number of phosphoric acid groups is 2. The smallest absolute Gasteiger partial charge is 0.463 e. The fourth-order valence-corrected chi connectivity index (χ4v) is 10.1. The van der Waals surface area contributed by atoms with Gasteiger partial charge in [-0.05, 0) is 141 Å². The number of allylic oxidation sites excluding steroid dienone is 26. The van der Waals surface area contributed by atoms with Gasteiger partial charge in [0.05, 0.1) is 26.4 Å². The van der Waals surface area contributed by atoms with E-state index in [9.17, 15) is 43.5 Å². The molecule has 4 N–H and O–H groups in total. The normalized spacial score (nSPS) is 15.1. The minimum absolute atomic E-state index is 0.0754. The molecule has 0 bridgehead atoms. The van der Waals surface area contributed by atoms with Crippen molar-refractivity contribution in [3.05, 3.63) is 158 Å². The van der Waals surface area contributed by atoms with Gasteiger partial charge in [0.15, 0.2) is 6.10 Å². The number of unbranched alkanes of at least 4 members (excludes halogenated alkanes) is 15. The zero-order chi connectivity index (χ0) is 68.1. The van der Waals surface area contributed by atoms with E-state index >= 15 is 0 Å². The third kappa shape index (κ3) is 68.4. The number of rotatable bonds is 64. The second kappa shape index (κ2) is 67.2. The summed E-state index contributed by atoms with van der Waals surface area (Å²) >= 11 is 0. The largest absolute Gasteiger partial charge is 0.472 e. The SMILES string of the molecule is CC/C=C\C/C=C\C/C=C\C/C=C\C/C=C\C/C=C\CCCCCCC(=O)OCC(O)COP(=O)(O)OCC(O)COP(=O)(O)OCC(COC(=O)CCCCCCCC/C=C\C/C=C\C/C=C\C/C=C\CC)OC(=O)CCCCCCC/C=C\C/C=C\C/C=C\CC. The minimum Gasteiger partial charge on any atom is -0.463 e. The molecule has 0 aliphatic heterocycles. The summed E-state index contributed by atoms with van der Waals surface area (Å²) in [5, 5.41) is 20.6. The first kappa shape index (κ1) is 88.2. The summed E-state index contributed by atoms with van der Waals surface area (Å²) in [6, 6.07) is 0. The van der Waals surface area contributed by atoms with Crippen LogP contribution in [0.4, 0.5) is 0 Å². The second-order valence-electron chi connectivity index (χ2n) is 22.5. The van der Waals surface area contributed by atoms with Crippen LogP contribution < -0.4 is 0 Å². The van der Waals surface area contributed by atoms with Gasteiger partial charge in [0, 0.05) is 19.3 Å². The van der Waals surface area contributed by atoms with E-state index in [4.69, 9.17) is 32.3 Å². The van der Waals surface area contributed by atoms with E-state index in [0.29, 0.717) is 19.3 Å². The van der Waals surface area contributed by atoms with Gasteiger partial charge in [0.1, 0.15) is 25.4 Å². The molecule has 0 fully saturated rings. The maximum atomic E-state index is 12.9. The maximum absolute atomic E-state index is 12.9. The van der Waals surface area contributed by atoms with Crippen molar-refractivity contribution >= 4 is 33.6 Å². The lowest BCUT2D eigenvalue weighted by Gasteiger charge is -2.21. The molecule has 0 aromatic carbocycles. The van der Waals surface area contributed by atoms with Gasteiger partial charge >= 0.3 is 33.6 Å². The van der Waals surface area contributed by atoms with Gasteiger partial charge in [-0.3, -0.25) is 32.5 Å². The number of phosphoric ester groups is 2. The predicted molar refractivity (Wildman–Crippen MR) is 380 cm³/mol. The van der Waals surface area contributed by atoms with Gasteiger partial charge in [-0.15, -0.1) is 0 Å². The Morgan fingerprint density at radius 1 is 0.301 bits per heavy atom. The number of hydrogen-bond donors (Lipinski definition) is 4. The molecule has 18 heteroatoms. The van der Waals surface area contributed by atoms with Crippen molar-refractivity contribution in [3.8, 4) is 0 Å². The Hall–Kier alpha value is -4.83. The third-order valence-corrected chi connectivity index (χ3v) is 15.6. The predicted octanol–water partition coefficient (Wildman–Crippen LogP) is 19.5. The summed E-state index contributed by atoms with van der Waals surface area (Å²) in [6.45, 7) is 2.23. The highest BCUT2D eigenvalue weighted by atomic mass is 31.2. The minimum atomic E-state index is -4.94. The molecule has 0 amide bonds. The van der Waals surface area contributed by atoms with Crippen molar-refractivity contribution in [1.82, 2.24) is 0 Å². The Labute approximate surface area is 561 Å². The van der Waals surface area contributed by atoms with Gasteiger partial charge in [-0.1, -0.05) is 237 Å². The number of ether oxygens (including phenoxy) is 3. The number of carbonyl (C=O) groups excluding carboxylic acids is 3. The lowest BCUT2D eigenvalue weighted by Crippen LogP contribution is -2.30. The molecule has 0 aliphatic rings. The zero-order valence-corrected chi connectivity index (χ0v) is 58.9. The van der Waals surface area contributed by atoms with E-state index in [0.717, 1.165) is 180 Å². The molecule has 0 saturated heterocycles. The first-order valence-corrected chi connectivity index (χ1v) is 37.8. The summed E-state index contributed by atoms with van der Waals surface area (Å²) in [6.07, 6.45) is 81.5. The summed E-state index contributed by atoms with van der Waals surface area (Å²) in [7, 11) is -9.81. The lowest BCUT2D eigenvalue weighted by atomic mass is 10.1. The number of aliphatic hydroxyl groups excluding tert-OH is 2.